The predicted octanol–water partition coefficient (Wildman–Crippen LogP) is 5.82. The molecule has 5 rings (SSSR count). The van der Waals surface area contributed by atoms with Gasteiger partial charge in [0.05, 0.1) is 6.04 Å². The highest BCUT2D eigenvalue weighted by Gasteiger charge is 2.45. The Morgan fingerprint density at radius 1 is 1.12 bits per heavy atom. The summed E-state index contributed by atoms with van der Waals surface area (Å²) in [7, 11) is 0. The van der Waals surface area contributed by atoms with Crippen molar-refractivity contribution < 1.29 is 9.18 Å². The van der Waals surface area contributed by atoms with Crippen molar-refractivity contribution in [2.75, 3.05) is 19.6 Å². The molecule has 170 valence electrons. The lowest BCUT2D eigenvalue weighted by atomic mass is 9.66. The first-order valence-corrected chi connectivity index (χ1v) is 12.0. The molecule has 5 heteroatoms. The van der Waals surface area contributed by atoms with Crippen molar-refractivity contribution >= 4 is 28.7 Å². The molecule has 2 atom stereocenters. The highest BCUT2D eigenvalue weighted by molar-refractivity contribution is 6.31. The van der Waals surface area contributed by atoms with Crippen LogP contribution in [0.5, 0.6) is 0 Å². The van der Waals surface area contributed by atoms with E-state index >= 15 is 0 Å². The molecule has 2 aliphatic heterocycles. The third-order valence-electron chi connectivity index (χ3n) is 7.54. The SMILES string of the molecule is C[C@H](c1cc(Cl)cc2ccccc12)N1CC=C(C2(c3ccc(F)cc3)CCNCC2)C1C=O. The number of nitrogens with zero attached hydrogens (tertiary/aromatic N) is 1. The number of nitrogens with one attached hydrogen (secondary N) is 1. The van der Waals surface area contributed by atoms with Gasteiger partial charge in [-0.05, 0) is 84.6 Å². The summed E-state index contributed by atoms with van der Waals surface area (Å²) < 4.78 is 13.7. The molecule has 1 unspecified atom stereocenters. The number of carbonyl (C=O) groups is 1. The summed E-state index contributed by atoms with van der Waals surface area (Å²) in [6.45, 7) is 4.58. The predicted molar refractivity (Wildman–Crippen MR) is 132 cm³/mol. The average molecular weight is 463 g/mol. The van der Waals surface area contributed by atoms with Crippen molar-refractivity contribution in [2.45, 2.75) is 37.3 Å². The van der Waals surface area contributed by atoms with Crippen molar-refractivity contribution in [1.82, 2.24) is 10.2 Å². The van der Waals surface area contributed by atoms with Crippen LogP contribution in [0.15, 0.2) is 72.3 Å². The van der Waals surface area contributed by atoms with Gasteiger partial charge in [0.1, 0.15) is 12.1 Å². The second-order valence-corrected chi connectivity index (χ2v) is 9.60. The van der Waals surface area contributed by atoms with E-state index in [0.29, 0.717) is 11.6 Å². The number of aldehydes is 1. The molecule has 2 aliphatic rings. The Bertz CT molecular complexity index is 1200. The maximum atomic E-state index is 13.7. The minimum Gasteiger partial charge on any atom is -0.317 e. The molecule has 1 N–H and O–H groups in total. The number of halogens is 2. The van der Waals surface area contributed by atoms with Gasteiger partial charge in [0, 0.05) is 23.0 Å². The third kappa shape index (κ3) is 3.90. The van der Waals surface area contributed by atoms with E-state index in [4.69, 9.17) is 11.6 Å². The molecule has 0 saturated carbocycles. The average Bonchev–Trinajstić information content (AvgIpc) is 3.28. The van der Waals surface area contributed by atoms with E-state index in [9.17, 15) is 9.18 Å². The van der Waals surface area contributed by atoms with E-state index in [-0.39, 0.29) is 23.3 Å². The van der Waals surface area contributed by atoms with Crippen LogP contribution in [0.25, 0.3) is 10.8 Å². The lowest BCUT2D eigenvalue weighted by Crippen LogP contribution is -2.46. The van der Waals surface area contributed by atoms with Crippen LogP contribution < -0.4 is 5.32 Å². The Kier molecular flexibility index (Phi) is 6.09. The van der Waals surface area contributed by atoms with Crippen molar-refractivity contribution in [3.63, 3.8) is 0 Å². The molecule has 33 heavy (non-hydrogen) atoms. The van der Waals surface area contributed by atoms with Crippen molar-refractivity contribution in [2.24, 2.45) is 0 Å². The van der Waals surface area contributed by atoms with Crippen molar-refractivity contribution in [1.29, 1.82) is 0 Å². The minimum atomic E-state index is -0.333. The standard InChI is InChI=1S/C28H28ClFN2O/c1-19(25-17-22(29)16-20-4-2-3-5-24(20)25)32-15-10-26(27(32)18-33)28(11-13-31-14-12-28)21-6-8-23(30)9-7-21/h2-10,16-19,27,31H,11-15H2,1H3/t19-,27?/m1/s1. The summed E-state index contributed by atoms with van der Waals surface area (Å²) >= 11 is 6.47. The smallest absolute Gasteiger partial charge is 0.141 e. The van der Waals surface area contributed by atoms with Gasteiger partial charge in [-0.15, -0.1) is 0 Å². The number of fused-ring (bicyclic) bond motifs is 1. The summed E-state index contributed by atoms with van der Waals surface area (Å²) in [5.74, 6) is -0.238. The van der Waals surface area contributed by atoms with Gasteiger partial charge in [0.2, 0.25) is 0 Å². The first kappa shape index (κ1) is 22.3. The van der Waals surface area contributed by atoms with Crippen LogP contribution in [0.2, 0.25) is 5.02 Å². The molecule has 0 bridgehead atoms. The zero-order valence-electron chi connectivity index (χ0n) is 18.7. The fourth-order valence-electron chi connectivity index (χ4n) is 5.84. The first-order valence-electron chi connectivity index (χ1n) is 11.6. The van der Waals surface area contributed by atoms with Crippen LogP contribution >= 0.6 is 11.6 Å². The summed E-state index contributed by atoms with van der Waals surface area (Å²) in [6, 6.07) is 18.8. The van der Waals surface area contributed by atoms with Crippen molar-refractivity contribution in [3.05, 3.63) is 94.3 Å². The number of piperidine rings is 1. The van der Waals surface area contributed by atoms with E-state index in [1.54, 1.807) is 0 Å². The lowest BCUT2D eigenvalue weighted by Gasteiger charge is -2.42. The number of carbonyl (C=O) groups excluding carboxylic acids is 1. The van der Waals surface area contributed by atoms with Gasteiger partial charge in [-0.3, -0.25) is 4.90 Å². The topological polar surface area (TPSA) is 32.3 Å². The quantitative estimate of drug-likeness (QED) is 0.383. The zero-order chi connectivity index (χ0) is 23.0. The Labute approximate surface area is 199 Å². The molecule has 0 aromatic heterocycles. The molecule has 1 fully saturated rings. The Morgan fingerprint density at radius 3 is 2.58 bits per heavy atom. The normalized spacial score (nSPS) is 21.7. The Morgan fingerprint density at radius 2 is 1.85 bits per heavy atom. The van der Waals surface area contributed by atoms with E-state index in [1.165, 1.54) is 12.1 Å². The van der Waals surface area contributed by atoms with Gasteiger partial charge in [-0.1, -0.05) is 54.1 Å². The molecular weight excluding hydrogens is 435 g/mol. The van der Waals surface area contributed by atoms with E-state index < -0.39 is 0 Å². The van der Waals surface area contributed by atoms with Crippen LogP contribution in [0, 0.1) is 5.82 Å². The van der Waals surface area contributed by atoms with Crippen LogP contribution in [-0.2, 0) is 10.2 Å². The van der Waals surface area contributed by atoms with Gasteiger partial charge < -0.3 is 10.1 Å². The molecule has 0 amide bonds. The number of rotatable bonds is 5. The van der Waals surface area contributed by atoms with Gasteiger partial charge in [-0.25, -0.2) is 4.39 Å². The number of hydrogen-bond acceptors (Lipinski definition) is 3. The van der Waals surface area contributed by atoms with Crippen molar-refractivity contribution in [3.8, 4) is 0 Å². The van der Waals surface area contributed by atoms with Gasteiger partial charge in [0.15, 0.2) is 0 Å². The van der Waals surface area contributed by atoms with Gasteiger partial charge >= 0.3 is 0 Å². The molecule has 1 saturated heterocycles. The number of hydrogen-bond donors (Lipinski definition) is 1. The number of benzene rings is 3. The molecule has 3 aromatic carbocycles. The third-order valence-corrected chi connectivity index (χ3v) is 7.76. The Balaban J connectivity index is 1.53. The molecule has 0 spiro atoms. The van der Waals surface area contributed by atoms with Crippen LogP contribution in [0.3, 0.4) is 0 Å². The van der Waals surface area contributed by atoms with E-state index in [2.05, 4.69) is 35.3 Å². The summed E-state index contributed by atoms with van der Waals surface area (Å²) in [5.41, 5.74) is 3.09. The molecule has 0 radical (unpaired) electrons. The molecule has 0 aliphatic carbocycles. The molecule has 3 nitrogen and oxygen atoms in total. The highest BCUT2D eigenvalue weighted by Crippen LogP contribution is 2.46. The Hall–Kier alpha value is -2.53. The monoisotopic (exact) mass is 462 g/mol. The first-order chi connectivity index (χ1) is 16.0. The van der Waals surface area contributed by atoms with Crippen LogP contribution in [0.4, 0.5) is 4.39 Å². The molecule has 2 heterocycles. The van der Waals surface area contributed by atoms with E-state index in [1.807, 2.05) is 36.4 Å². The summed E-state index contributed by atoms with van der Waals surface area (Å²) in [4.78, 5) is 14.8. The minimum absolute atomic E-state index is 0.00420. The van der Waals surface area contributed by atoms with Crippen LogP contribution in [0.1, 0.15) is 36.9 Å². The maximum Gasteiger partial charge on any atom is 0.141 e. The summed E-state index contributed by atoms with van der Waals surface area (Å²) in [6.07, 6.45) is 5.08. The molecule has 3 aromatic rings. The maximum absolute atomic E-state index is 13.7. The zero-order valence-corrected chi connectivity index (χ0v) is 19.5. The lowest BCUT2D eigenvalue weighted by molar-refractivity contribution is -0.111. The van der Waals surface area contributed by atoms with Gasteiger partial charge in [-0.2, -0.15) is 0 Å². The second-order valence-electron chi connectivity index (χ2n) is 9.17. The molecular formula is C28H28ClFN2O. The fourth-order valence-corrected chi connectivity index (χ4v) is 6.07. The largest absolute Gasteiger partial charge is 0.317 e. The van der Waals surface area contributed by atoms with Gasteiger partial charge in [0.25, 0.3) is 0 Å². The second kappa shape index (κ2) is 9.02. The fraction of sp³-hybridized carbons (Fsp3) is 0.321. The highest BCUT2D eigenvalue weighted by atomic mass is 35.5. The summed E-state index contributed by atoms with van der Waals surface area (Å²) in [5, 5.41) is 6.40. The van der Waals surface area contributed by atoms with E-state index in [0.717, 1.165) is 59.7 Å². The van der Waals surface area contributed by atoms with Crippen LogP contribution in [-0.4, -0.2) is 36.9 Å².